The summed E-state index contributed by atoms with van der Waals surface area (Å²) < 4.78 is 27.8. The van der Waals surface area contributed by atoms with Gasteiger partial charge in [0.15, 0.2) is 11.6 Å². The monoisotopic (exact) mass is 308 g/mol. The van der Waals surface area contributed by atoms with Crippen molar-refractivity contribution in [3.05, 3.63) is 58.1 Å². The van der Waals surface area contributed by atoms with Crippen molar-refractivity contribution in [2.45, 2.75) is 0 Å². The zero-order chi connectivity index (χ0) is 13.1. The second-order valence-electron chi connectivity index (χ2n) is 3.51. The number of para-hydroxylation sites is 1. The van der Waals surface area contributed by atoms with Crippen molar-refractivity contribution in [3.63, 3.8) is 0 Å². The Balaban J connectivity index is 2.40. The predicted molar refractivity (Wildman–Crippen MR) is 68.5 cm³/mol. The summed E-state index contributed by atoms with van der Waals surface area (Å²) in [6, 6.07) is 11.2. The molecule has 0 spiro atoms. The molecular formula is C13H7BrF2N2. The summed E-state index contributed by atoms with van der Waals surface area (Å²) in [5.41, 5.74) is 0.282. The molecular weight excluding hydrogens is 302 g/mol. The van der Waals surface area contributed by atoms with Crippen molar-refractivity contribution in [2.75, 3.05) is 5.32 Å². The smallest absolute Gasteiger partial charge is 0.183 e. The first kappa shape index (κ1) is 12.5. The number of halogens is 3. The second kappa shape index (κ2) is 5.15. The Bertz CT molecular complexity index is 635. The summed E-state index contributed by atoms with van der Waals surface area (Å²) >= 11 is 3.29. The molecule has 0 atom stereocenters. The van der Waals surface area contributed by atoms with Crippen LogP contribution in [0.2, 0.25) is 0 Å². The van der Waals surface area contributed by atoms with Gasteiger partial charge in [0.2, 0.25) is 0 Å². The molecule has 0 saturated heterocycles. The number of hydrogen-bond acceptors (Lipinski definition) is 2. The highest BCUT2D eigenvalue weighted by Crippen LogP contribution is 2.28. The Kier molecular flexibility index (Phi) is 3.58. The fourth-order valence-corrected chi connectivity index (χ4v) is 1.82. The summed E-state index contributed by atoms with van der Waals surface area (Å²) in [7, 11) is 0. The third kappa shape index (κ3) is 2.34. The lowest BCUT2D eigenvalue weighted by Crippen LogP contribution is -1.99. The summed E-state index contributed by atoms with van der Waals surface area (Å²) in [5, 5.41) is 11.3. The van der Waals surface area contributed by atoms with Crippen LogP contribution in [0.25, 0.3) is 0 Å². The molecule has 0 bridgehead atoms. The minimum absolute atomic E-state index is 0.0154. The van der Waals surface area contributed by atoms with Gasteiger partial charge >= 0.3 is 0 Å². The predicted octanol–water partition coefficient (Wildman–Crippen LogP) is 4.34. The molecule has 2 nitrogen and oxygen atoms in total. The minimum atomic E-state index is -1.14. The summed E-state index contributed by atoms with van der Waals surface area (Å²) in [6.45, 7) is 0. The topological polar surface area (TPSA) is 35.8 Å². The van der Waals surface area contributed by atoms with E-state index in [9.17, 15) is 8.78 Å². The summed E-state index contributed by atoms with van der Waals surface area (Å²) in [4.78, 5) is 0. The molecule has 0 heterocycles. The molecule has 2 aromatic carbocycles. The Morgan fingerprint density at radius 2 is 1.72 bits per heavy atom. The molecule has 0 saturated carbocycles. The van der Waals surface area contributed by atoms with Gasteiger partial charge in [-0.3, -0.25) is 0 Å². The molecule has 0 unspecified atom stereocenters. The van der Waals surface area contributed by atoms with E-state index in [0.29, 0.717) is 5.69 Å². The van der Waals surface area contributed by atoms with Gasteiger partial charge in [0.25, 0.3) is 0 Å². The third-order valence-electron chi connectivity index (χ3n) is 2.35. The third-order valence-corrected chi connectivity index (χ3v) is 3.04. The fourth-order valence-electron chi connectivity index (χ4n) is 1.44. The van der Waals surface area contributed by atoms with E-state index in [2.05, 4.69) is 21.2 Å². The molecule has 5 heteroatoms. The minimum Gasteiger partial charge on any atom is -0.352 e. The van der Waals surface area contributed by atoms with Crippen LogP contribution >= 0.6 is 15.9 Å². The lowest BCUT2D eigenvalue weighted by Gasteiger charge is -2.10. The van der Waals surface area contributed by atoms with Crippen molar-refractivity contribution < 1.29 is 8.78 Å². The molecule has 1 N–H and O–H groups in total. The second-order valence-corrected chi connectivity index (χ2v) is 4.36. The molecule has 0 fully saturated rings. The molecule has 0 aromatic heterocycles. The number of anilines is 2. The van der Waals surface area contributed by atoms with E-state index in [4.69, 9.17) is 5.26 Å². The Hall–Kier alpha value is -1.93. The Morgan fingerprint density at radius 1 is 1.00 bits per heavy atom. The van der Waals surface area contributed by atoms with Crippen molar-refractivity contribution >= 4 is 27.3 Å². The highest BCUT2D eigenvalue weighted by Gasteiger charge is 2.13. The lowest BCUT2D eigenvalue weighted by molar-refractivity contribution is 0.509. The molecule has 2 aromatic rings. The largest absolute Gasteiger partial charge is 0.352 e. The van der Waals surface area contributed by atoms with E-state index in [-0.39, 0.29) is 11.3 Å². The van der Waals surface area contributed by atoms with E-state index in [1.165, 1.54) is 12.1 Å². The summed E-state index contributed by atoms with van der Waals surface area (Å²) in [5.74, 6) is -2.21. The van der Waals surface area contributed by atoms with Crippen molar-refractivity contribution in [1.82, 2.24) is 0 Å². The van der Waals surface area contributed by atoms with Crippen LogP contribution in [0.5, 0.6) is 0 Å². The number of benzene rings is 2. The number of nitrogens with zero attached hydrogens (tertiary/aromatic N) is 1. The van der Waals surface area contributed by atoms with Crippen molar-refractivity contribution in [1.29, 1.82) is 5.26 Å². The van der Waals surface area contributed by atoms with Gasteiger partial charge in [0.1, 0.15) is 6.07 Å². The summed E-state index contributed by atoms with van der Waals surface area (Å²) in [6.07, 6.45) is 0. The fraction of sp³-hybridized carbons (Fsp3) is 0. The highest BCUT2D eigenvalue weighted by molar-refractivity contribution is 9.10. The molecule has 0 aliphatic rings. The molecule has 0 amide bonds. The normalized spacial score (nSPS) is 9.89. The van der Waals surface area contributed by atoms with Crippen LogP contribution in [0.1, 0.15) is 5.56 Å². The van der Waals surface area contributed by atoms with E-state index < -0.39 is 11.6 Å². The van der Waals surface area contributed by atoms with Gasteiger partial charge in [-0.2, -0.15) is 5.26 Å². The standard InChI is InChI=1S/C13H7BrF2N2/c14-9-3-1-2-4-10(9)18-11-6-5-8(7-17)12(15)13(11)16/h1-6,18H. The average Bonchev–Trinajstić information content (AvgIpc) is 2.38. The molecule has 0 aliphatic heterocycles. The van der Waals surface area contributed by atoms with Gasteiger partial charge < -0.3 is 5.32 Å². The molecule has 0 radical (unpaired) electrons. The van der Waals surface area contributed by atoms with Crippen LogP contribution in [0, 0.1) is 23.0 Å². The highest BCUT2D eigenvalue weighted by atomic mass is 79.9. The van der Waals surface area contributed by atoms with Gasteiger partial charge in [-0.15, -0.1) is 0 Å². The maximum Gasteiger partial charge on any atom is 0.183 e. The average molecular weight is 309 g/mol. The first-order chi connectivity index (χ1) is 8.63. The van der Waals surface area contributed by atoms with E-state index in [0.717, 1.165) is 4.47 Å². The van der Waals surface area contributed by atoms with E-state index in [1.807, 2.05) is 6.07 Å². The Labute approximate surface area is 111 Å². The van der Waals surface area contributed by atoms with E-state index >= 15 is 0 Å². The number of hydrogen-bond donors (Lipinski definition) is 1. The van der Waals surface area contributed by atoms with E-state index in [1.54, 1.807) is 24.3 Å². The van der Waals surface area contributed by atoms with Crippen LogP contribution in [0.15, 0.2) is 40.9 Å². The maximum atomic E-state index is 13.7. The molecule has 2 rings (SSSR count). The molecule has 18 heavy (non-hydrogen) atoms. The number of nitrogens with one attached hydrogen (secondary N) is 1. The van der Waals surface area contributed by atoms with Crippen LogP contribution in [-0.4, -0.2) is 0 Å². The zero-order valence-electron chi connectivity index (χ0n) is 9.05. The van der Waals surface area contributed by atoms with Crippen molar-refractivity contribution in [3.8, 4) is 6.07 Å². The van der Waals surface area contributed by atoms with Crippen LogP contribution < -0.4 is 5.32 Å². The van der Waals surface area contributed by atoms with Gasteiger partial charge in [0.05, 0.1) is 16.9 Å². The first-order valence-corrected chi connectivity index (χ1v) is 5.82. The molecule has 0 aliphatic carbocycles. The van der Waals surface area contributed by atoms with Gasteiger partial charge in [0, 0.05) is 4.47 Å². The van der Waals surface area contributed by atoms with Gasteiger partial charge in [-0.1, -0.05) is 12.1 Å². The van der Waals surface area contributed by atoms with Gasteiger partial charge in [-0.25, -0.2) is 8.78 Å². The quantitative estimate of drug-likeness (QED) is 0.895. The first-order valence-electron chi connectivity index (χ1n) is 5.03. The zero-order valence-corrected chi connectivity index (χ0v) is 10.6. The van der Waals surface area contributed by atoms with Crippen LogP contribution in [0.3, 0.4) is 0 Å². The number of rotatable bonds is 2. The van der Waals surface area contributed by atoms with Crippen molar-refractivity contribution in [2.24, 2.45) is 0 Å². The number of nitriles is 1. The lowest BCUT2D eigenvalue weighted by atomic mass is 10.2. The Morgan fingerprint density at radius 3 is 2.39 bits per heavy atom. The van der Waals surface area contributed by atoms with Crippen LogP contribution in [0.4, 0.5) is 20.2 Å². The van der Waals surface area contributed by atoms with Gasteiger partial charge in [-0.05, 0) is 40.2 Å². The molecule has 90 valence electrons. The van der Waals surface area contributed by atoms with Crippen LogP contribution in [-0.2, 0) is 0 Å². The SMILES string of the molecule is N#Cc1ccc(Nc2ccccc2Br)c(F)c1F. The maximum absolute atomic E-state index is 13.7.